The van der Waals surface area contributed by atoms with Gasteiger partial charge in [-0.3, -0.25) is 4.79 Å². The second-order valence-corrected chi connectivity index (χ2v) is 3.72. The lowest BCUT2D eigenvalue weighted by molar-refractivity contribution is -0.144. The minimum atomic E-state index is -0.220. The molecule has 0 bridgehead atoms. The van der Waals surface area contributed by atoms with Crippen molar-refractivity contribution >= 4 is 5.97 Å². The first-order valence-electron chi connectivity index (χ1n) is 5.63. The van der Waals surface area contributed by atoms with Crippen LogP contribution in [0.2, 0.25) is 0 Å². The van der Waals surface area contributed by atoms with Gasteiger partial charge in [-0.15, -0.1) is 0 Å². The van der Waals surface area contributed by atoms with E-state index in [1.165, 1.54) is 0 Å². The monoisotopic (exact) mass is 217 g/mol. The molecule has 0 rings (SSSR count). The van der Waals surface area contributed by atoms with Gasteiger partial charge >= 0.3 is 5.97 Å². The minimum Gasteiger partial charge on any atom is -0.462 e. The maximum atomic E-state index is 11.1. The molecule has 0 heterocycles. The lowest BCUT2D eigenvalue weighted by Gasteiger charge is -2.08. The van der Waals surface area contributed by atoms with Crippen molar-refractivity contribution in [1.29, 1.82) is 0 Å². The fraction of sp³-hybridized carbons (Fsp3) is 0.909. The van der Waals surface area contributed by atoms with Crippen LogP contribution >= 0.6 is 0 Å². The summed E-state index contributed by atoms with van der Waals surface area (Å²) < 4.78 is 10.2. The molecule has 0 radical (unpaired) electrons. The number of carbonyl (C=O) groups is 1. The van der Waals surface area contributed by atoms with Crippen LogP contribution in [0, 0.1) is 0 Å². The normalized spacial score (nSPS) is 10.7. The van der Waals surface area contributed by atoms with Crippen LogP contribution in [0.1, 0.15) is 33.6 Å². The number of carbonyl (C=O) groups excluding carboxylic acids is 1. The van der Waals surface area contributed by atoms with E-state index in [4.69, 9.17) is 9.47 Å². The van der Waals surface area contributed by atoms with Crippen LogP contribution in [0.15, 0.2) is 0 Å². The summed E-state index contributed by atoms with van der Waals surface area (Å²) >= 11 is 0. The van der Waals surface area contributed by atoms with Crippen molar-refractivity contribution in [2.45, 2.75) is 39.7 Å². The molecule has 0 amide bonds. The van der Waals surface area contributed by atoms with Gasteiger partial charge in [0.2, 0.25) is 0 Å². The largest absolute Gasteiger partial charge is 0.462 e. The van der Waals surface area contributed by atoms with Gasteiger partial charge in [-0.25, -0.2) is 0 Å². The molecule has 0 fully saturated rings. The Hall–Kier alpha value is -0.610. The number of rotatable bonds is 9. The molecule has 15 heavy (non-hydrogen) atoms. The fourth-order valence-electron chi connectivity index (χ4n) is 0.901. The third-order valence-corrected chi connectivity index (χ3v) is 1.79. The number of hydrogen-bond donors (Lipinski definition) is 1. The average Bonchev–Trinajstić information content (AvgIpc) is 2.20. The SMILES string of the molecule is CCCCOCCOC(=O)CNC(C)C. The van der Waals surface area contributed by atoms with E-state index in [2.05, 4.69) is 12.2 Å². The summed E-state index contributed by atoms with van der Waals surface area (Å²) in [5.41, 5.74) is 0. The van der Waals surface area contributed by atoms with Gasteiger partial charge in [0.1, 0.15) is 6.61 Å². The average molecular weight is 217 g/mol. The van der Waals surface area contributed by atoms with Gasteiger partial charge in [0.15, 0.2) is 0 Å². The Balaban J connectivity index is 3.17. The molecular weight excluding hydrogens is 194 g/mol. The van der Waals surface area contributed by atoms with Crippen molar-refractivity contribution in [2.24, 2.45) is 0 Å². The summed E-state index contributed by atoms with van der Waals surface area (Å²) in [7, 11) is 0. The van der Waals surface area contributed by atoms with Crippen molar-refractivity contribution in [3.63, 3.8) is 0 Å². The molecule has 4 heteroatoms. The molecule has 0 unspecified atom stereocenters. The van der Waals surface area contributed by atoms with Crippen LogP contribution in [0.5, 0.6) is 0 Å². The first-order valence-corrected chi connectivity index (χ1v) is 5.63. The summed E-state index contributed by atoms with van der Waals surface area (Å²) in [5, 5.41) is 2.99. The molecule has 4 nitrogen and oxygen atoms in total. The molecular formula is C11H23NO3. The highest BCUT2D eigenvalue weighted by Crippen LogP contribution is 1.88. The van der Waals surface area contributed by atoms with Gasteiger partial charge in [0.25, 0.3) is 0 Å². The van der Waals surface area contributed by atoms with Gasteiger partial charge in [0.05, 0.1) is 13.2 Å². The Kier molecular flexibility index (Phi) is 9.52. The first kappa shape index (κ1) is 14.4. The fourth-order valence-corrected chi connectivity index (χ4v) is 0.901. The van der Waals surface area contributed by atoms with Crippen LogP contribution in [0.4, 0.5) is 0 Å². The quantitative estimate of drug-likeness (QED) is 0.468. The van der Waals surface area contributed by atoms with Crippen LogP contribution in [0.3, 0.4) is 0 Å². The van der Waals surface area contributed by atoms with Crippen LogP contribution in [-0.2, 0) is 14.3 Å². The Labute approximate surface area is 92.3 Å². The van der Waals surface area contributed by atoms with E-state index in [1.807, 2.05) is 13.8 Å². The number of esters is 1. The van der Waals surface area contributed by atoms with Crippen molar-refractivity contribution < 1.29 is 14.3 Å². The summed E-state index contributed by atoms with van der Waals surface area (Å²) in [4.78, 5) is 11.1. The third-order valence-electron chi connectivity index (χ3n) is 1.79. The van der Waals surface area contributed by atoms with E-state index in [9.17, 15) is 4.79 Å². The zero-order valence-corrected chi connectivity index (χ0v) is 10.0. The highest BCUT2D eigenvalue weighted by molar-refractivity contribution is 5.71. The van der Waals surface area contributed by atoms with Crippen LogP contribution in [-0.4, -0.2) is 38.4 Å². The molecule has 0 aromatic carbocycles. The minimum absolute atomic E-state index is 0.220. The van der Waals surface area contributed by atoms with E-state index < -0.39 is 0 Å². The number of unbranched alkanes of at least 4 members (excludes halogenated alkanes) is 1. The van der Waals surface area contributed by atoms with E-state index in [0.717, 1.165) is 19.4 Å². The Bertz CT molecular complexity index is 160. The summed E-state index contributed by atoms with van der Waals surface area (Å²) in [6.45, 7) is 7.95. The van der Waals surface area contributed by atoms with Crippen molar-refractivity contribution in [3.8, 4) is 0 Å². The van der Waals surface area contributed by atoms with E-state index in [1.54, 1.807) is 0 Å². The lowest BCUT2D eigenvalue weighted by Crippen LogP contribution is -2.30. The van der Waals surface area contributed by atoms with Crippen molar-refractivity contribution in [2.75, 3.05) is 26.4 Å². The third kappa shape index (κ3) is 11.3. The number of ether oxygens (including phenoxy) is 2. The molecule has 90 valence electrons. The van der Waals surface area contributed by atoms with Crippen LogP contribution < -0.4 is 5.32 Å². The number of hydrogen-bond acceptors (Lipinski definition) is 4. The standard InChI is InChI=1S/C11H23NO3/c1-4-5-6-14-7-8-15-11(13)9-12-10(2)3/h10,12H,4-9H2,1-3H3. The topological polar surface area (TPSA) is 47.6 Å². The first-order chi connectivity index (χ1) is 7.16. The van der Waals surface area contributed by atoms with Gasteiger partial charge in [-0.1, -0.05) is 27.2 Å². The summed E-state index contributed by atoms with van der Waals surface area (Å²) in [5.74, 6) is -0.220. The highest BCUT2D eigenvalue weighted by atomic mass is 16.6. The molecule has 0 spiro atoms. The maximum Gasteiger partial charge on any atom is 0.320 e. The molecule has 0 aliphatic carbocycles. The number of nitrogens with one attached hydrogen (secondary N) is 1. The molecule has 0 saturated heterocycles. The lowest BCUT2D eigenvalue weighted by atomic mass is 10.4. The molecule has 0 aromatic rings. The molecule has 0 aliphatic heterocycles. The molecule has 1 N–H and O–H groups in total. The molecule has 0 atom stereocenters. The second-order valence-electron chi connectivity index (χ2n) is 3.72. The van der Waals surface area contributed by atoms with Crippen LogP contribution in [0.25, 0.3) is 0 Å². The van der Waals surface area contributed by atoms with Gasteiger partial charge in [-0.2, -0.15) is 0 Å². The second kappa shape index (κ2) is 9.93. The Morgan fingerprint density at radius 1 is 1.27 bits per heavy atom. The summed E-state index contributed by atoms with van der Waals surface area (Å²) in [6, 6.07) is 0.304. The van der Waals surface area contributed by atoms with E-state index in [0.29, 0.717) is 19.3 Å². The highest BCUT2D eigenvalue weighted by Gasteiger charge is 2.02. The summed E-state index contributed by atoms with van der Waals surface area (Å²) in [6.07, 6.45) is 2.18. The van der Waals surface area contributed by atoms with E-state index >= 15 is 0 Å². The zero-order valence-electron chi connectivity index (χ0n) is 10.0. The smallest absolute Gasteiger partial charge is 0.320 e. The molecule has 0 aromatic heterocycles. The Morgan fingerprint density at radius 2 is 2.00 bits per heavy atom. The predicted molar refractivity (Wildman–Crippen MR) is 59.8 cm³/mol. The van der Waals surface area contributed by atoms with Gasteiger partial charge in [-0.05, 0) is 6.42 Å². The van der Waals surface area contributed by atoms with E-state index in [-0.39, 0.29) is 12.5 Å². The van der Waals surface area contributed by atoms with Crippen molar-refractivity contribution in [3.05, 3.63) is 0 Å². The molecule has 0 aliphatic rings. The zero-order chi connectivity index (χ0) is 11.5. The Morgan fingerprint density at radius 3 is 2.60 bits per heavy atom. The van der Waals surface area contributed by atoms with Gasteiger partial charge < -0.3 is 14.8 Å². The van der Waals surface area contributed by atoms with Gasteiger partial charge in [0, 0.05) is 12.6 Å². The maximum absolute atomic E-state index is 11.1. The van der Waals surface area contributed by atoms with Crippen molar-refractivity contribution in [1.82, 2.24) is 5.32 Å². The predicted octanol–water partition coefficient (Wildman–Crippen LogP) is 1.34. The molecule has 0 saturated carbocycles.